The van der Waals surface area contributed by atoms with Crippen molar-refractivity contribution in [1.82, 2.24) is 15.5 Å². The molecule has 1 atom stereocenters. The first kappa shape index (κ1) is 14.0. The first-order valence-electron chi connectivity index (χ1n) is 6.58. The van der Waals surface area contributed by atoms with Crippen LogP contribution in [-0.4, -0.2) is 22.8 Å². The van der Waals surface area contributed by atoms with Gasteiger partial charge in [0.1, 0.15) is 0 Å². The summed E-state index contributed by atoms with van der Waals surface area (Å²) >= 11 is 1.72. The van der Waals surface area contributed by atoms with Crippen molar-refractivity contribution in [2.24, 2.45) is 0 Å². The van der Waals surface area contributed by atoms with Crippen LogP contribution in [0.15, 0.2) is 21.2 Å². The lowest BCUT2D eigenvalue weighted by Crippen LogP contribution is -2.18. The quantitative estimate of drug-likeness (QED) is 0.728. The maximum atomic E-state index is 5.53. The lowest BCUT2D eigenvalue weighted by atomic mass is 10.1. The summed E-state index contributed by atoms with van der Waals surface area (Å²) in [5.41, 5.74) is 1.33. The summed E-state index contributed by atoms with van der Waals surface area (Å²) in [7, 11) is 0. The molecule has 0 aliphatic heterocycles. The zero-order valence-corrected chi connectivity index (χ0v) is 12.2. The summed E-state index contributed by atoms with van der Waals surface area (Å²) in [6.45, 7) is 5.82. The van der Waals surface area contributed by atoms with Gasteiger partial charge in [-0.1, -0.05) is 12.0 Å². The van der Waals surface area contributed by atoms with Crippen molar-refractivity contribution in [3.05, 3.63) is 28.3 Å². The fourth-order valence-electron chi connectivity index (χ4n) is 1.78. The van der Waals surface area contributed by atoms with Gasteiger partial charge in [0.15, 0.2) is 0 Å². The second-order valence-electron chi connectivity index (χ2n) is 4.56. The van der Waals surface area contributed by atoms with Gasteiger partial charge in [-0.3, -0.25) is 0 Å². The van der Waals surface area contributed by atoms with Gasteiger partial charge in [0.2, 0.25) is 5.89 Å². The van der Waals surface area contributed by atoms with Gasteiger partial charge < -0.3 is 15.1 Å². The van der Waals surface area contributed by atoms with Crippen LogP contribution in [0.5, 0.6) is 0 Å². The normalized spacial score (nSPS) is 12.5. The van der Waals surface area contributed by atoms with Crippen LogP contribution in [0, 0.1) is 0 Å². The SMILES string of the molecule is CCCNCc1nnc(NC(C)Cc2ccsc2)o1. The third kappa shape index (κ3) is 4.65. The molecule has 2 heterocycles. The molecule has 0 amide bonds. The van der Waals surface area contributed by atoms with Gasteiger partial charge in [0.25, 0.3) is 0 Å². The van der Waals surface area contributed by atoms with Crippen LogP contribution in [-0.2, 0) is 13.0 Å². The largest absolute Gasteiger partial charge is 0.407 e. The molecule has 5 nitrogen and oxygen atoms in total. The molecule has 104 valence electrons. The van der Waals surface area contributed by atoms with E-state index < -0.39 is 0 Å². The fraction of sp³-hybridized carbons (Fsp3) is 0.538. The number of hydrogen-bond donors (Lipinski definition) is 2. The second-order valence-corrected chi connectivity index (χ2v) is 5.34. The Kier molecular flexibility index (Phi) is 5.35. The van der Waals surface area contributed by atoms with Gasteiger partial charge in [-0.25, -0.2) is 0 Å². The molecular formula is C13H20N4OS. The third-order valence-electron chi connectivity index (χ3n) is 2.66. The molecule has 0 aromatic carbocycles. The van der Waals surface area contributed by atoms with Gasteiger partial charge in [-0.2, -0.15) is 11.3 Å². The number of aromatic nitrogens is 2. The molecular weight excluding hydrogens is 260 g/mol. The van der Waals surface area contributed by atoms with Gasteiger partial charge in [-0.05, 0) is 48.7 Å². The highest BCUT2D eigenvalue weighted by atomic mass is 32.1. The minimum atomic E-state index is 0.270. The average Bonchev–Trinajstić information content (AvgIpc) is 3.02. The van der Waals surface area contributed by atoms with E-state index in [2.05, 4.69) is 51.5 Å². The van der Waals surface area contributed by atoms with E-state index in [1.54, 1.807) is 11.3 Å². The van der Waals surface area contributed by atoms with Gasteiger partial charge in [0.05, 0.1) is 6.54 Å². The predicted molar refractivity (Wildman–Crippen MR) is 77.4 cm³/mol. The van der Waals surface area contributed by atoms with E-state index in [0.717, 1.165) is 19.4 Å². The Balaban J connectivity index is 1.78. The highest BCUT2D eigenvalue weighted by Gasteiger charge is 2.09. The summed E-state index contributed by atoms with van der Waals surface area (Å²) in [6, 6.07) is 2.90. The molecule has 0 saturated carbocycles. The van der Waals surface area contributed by atoms with Crippen molar-refractivity contribution in [2.45, 2.75) is 39.3 Å². The molecule has 19 heavy (non-hydrogen) atoms. The van der Waals surface area contributed by atoms with Crippen molar-refractivity contribution < 1.29 is 4.42 Å². The van der Waals surface area contributed by atoms with Crippen LogP contribution >= 0.6 is 11.3 Å². The second kappa shape index (κ2) is 7.25. The van der Waals surface area contributed by atoms with Crippen molar-refractivity contribution in [3.8, 4) is 0 Å². The van der Waals surface area contributed by atoms with E-state index in [4.69, 9.17) is 4.42 Å². The van der Waals surface area contributed by atoms with E-state index in [1.807, 2.05) is 0 Å². The van der Waals surface area contributed by atoms with Crippen molar-refractivity contribution in [3.63, 3.8) is 0 Å². The highest BCUT2D eigenvalue weighted by Crippen LogP contribution is 2.12. The summed E-state index contributed by atoms with van der Waals surface area (Å²) in [5, 5.41) is 18.7. The smallest absolute Gasteiger partial charge is 0.315 e. The number of thiophene rings is 1. The van der Waals surface area contributed by atoms with Crippen molar-refractivity contribution in [1.29, 1.82) is 0 Å². The Morgan fingerprint density at radius 3 is 3.05 bits per heavy atom. The molecule has 0 radical (unpaired) electrons. The Morgan fingerprint density at radius 2 is 2.32 bits per heavy atom. The van der Waals surface area contributed by atoms with Crippen LogP contribution in [0.25, 0.3) is 0 Å². The molecule has 2 rings (SSSR count). The Labute approximate surface area is 117 Å². The van der Waals surface area contributed by atoms with Crippen molar-refractivity contribution in [2.75, 3.05) is 11.9 Å². The average molecular weight is 280 g/mol. The monoisotopic (exact) mass is 280 g/mol. The molecule has 2 aromatic rings. The third-order valence-corrected chi connectivity index (χ3v) is 3.39. The van der Waals surface area contributed by atoms with E-state index >= 15 is 0 Å². The first-order chi connectivity index (χ1) is 9.28. The van der Waals surface area contributed by atoms with Crippen molar-refractivity contribution >= 4 is 17.4 Å². The Morgan fingerprint density at radius 1 is 1.42 bits per heavy atom. The predicted octanol–water partition coefficient (Wildman–Crippen LogP) is 2.67. The van der Waals surface area contributed by atoms with E-state index in [-0.39, 0.29) is 6.04 Å². The first-order valence-corrected chi connectivity index (χ1v) is 7.53. The molecule has 2 N–H and O–H groups in total. The van der Waals surface area contributed by atoms with Gasteiger partial charge in [-0.15, -0.1) is 5.10 Å². The summed E-state index contributed by atoms with van der Waals surface area (Å²) in [4.78, 5) is 0. The highest BCUT2D eigenvalue weighted by molar-refractivity contribution is 7.07. The summed E-state index contributed by atoms with van der Waals surface area (Å²) in [5.74, 6) is 0.624. The molecule has 2 aromatic heterocycles. The molecule has 6 heteroatoms. The Hall–Kier alpha value is -1.40. The number of nitrogens with one attached hydrogen (secondary N) is 2. The number of rotatable bonds is 8. The maximum Gasteiger partial charge on any atom is 0.315 e. The fourth-order valence-corrected chi connectivity index (χ4v) is 2.46. The minimum absolute atomic E-state index is 0.270. The lowest BCUT2D eigenvalue weighted by Gasteiger charge is -2.10. The number of hydrogen-bond acceptors (Lipinski definition) is 6. The molecule has 1 unspecified atom stereocenters. The van der Waals surface area contributed by atoms with Gasteiger partial charge >= 0.3 is 6.01 Å². The standard InChI is InChI=1S/C13H20N4OS/c1-3-5-14-8-12-16-17-13(18-12)15-10(2)7-11-4-6-19-9-11/h4,6,9-10,14H,3,5,7-8H2,1-2H3,(H,15,17). The van der Waals surface area contributed by atoms with E-state index in [0.29, 0.717) is 18.5 Å². The zero-order valence-electron chi connectivity index (χ0n) is 11.3. The van der Waals surface area contributed by atoms with E-state index in [9.17, 15) is 0 Å². The number of anilines is 1. The molecule has 0 bridgehead atoms. The maximum absolute atomic E-state index is 5.53. The van der Waals surface area contributed by atoms with Crippen LogP contribution in [0.4, 0.5) is 6.01 Å². The molecule has 0 fully saturated rings. The van der Waals surface area contributed by atoms with Crippen LogP contribution in [0.2, 0.25) is 0 Å². The molecule has 0 spiro atoms. The van der Waals surface area contributed by atoms with Crippen LogP contribution < -0.4 is 10.6 Å². The number of nitrogens with zero attached hydrogens (tertiary/aromatic N) is 2. The molecule has 0 aliphatic carbocycles. The van der Waals surface area contributed by atoms with Gasteiger partial charge in [0, 0.05) is 6.04 Å². The summed E-state index contributed by atoms with van der Waals surface area (Å²) < 4.78 is 5.53. The molecule has 0 saturated heterocycles. The van der Waals surface area contributed by atoms with Crippen LogP contribution in [0.1, 0.15) is 31.7 Å². The van der Waals surface area contributed by atoms with Crippen LogP contribution in [0.3, 0.4) is 0 Å². The summed E-state index contributed by atoms with van der Waals surface area (Å²) in [6.07, 6.45) is 2.05. The Bertz CT molecular complexity index is 469. The minimum Gasteiger partial charge on any atom is -0.407 e. The topological polar surface area (TPSA) is 63.0 Å². The zero-order chi connectivity index (χ0) is 13.5. The lowest BCUT2D eigenvalue weighted by molar-refractivity contribution is 0.473. The van der Waals surface area contributed by atoms with E-state index in [1.165, 1.54) is 5.56 Å². The molecule has 0 aliphatic rings.